The summed E-state index contributed by atoms with van der Waals surface area (Å²) in [5.74, 6) is 0.271. The van der Waals surface area contributed by atoms with Crippen molar-refractivity contribution in [3.63, 3.8) is 0 Å². The lowest BCUT2D eigenvalue weighted by molar-refractivity contribution is -0.119. The molecule has 1 amide bonds. The number of rotatable bonds is 9. The molecule has 3 rings (SSSR count). The maximum absolute atomic E-state index is 13.4. The number of carbonyl (C=O) groups is 1. The zero-order valence-corrected chi connectivity index (χ0v) is 19.5. The maximum Gasteiger partial charge on any atom is 0.264 e. The van der Waals surface area contributed by atoms with Gasteiger partial charge in [0.25, 0.3) is 10.0 Å². The quantitative estimate of drug-likeness (QED) is 0.495. The topological polar surface area (TPSA) is 75.7 Å². The van der Waals surface area contributed by atoms with Crippen LogP contribution < -0.4 is 14.4 Å². The van der Waals surface area contributed by atoms with Crippen molar-refractivity contribution < 1.29 is 17.9 Å². The Bertz CT molecular complexity index is 1180. The Morgan fingerprint density at radius 2 is 1.78 bits per heavy atom. The predicted molar refractivity (Wildman–Crippen MR) is 127 cm³/mol. The van der Waals surface area contributed by atoms with Crippen molar-refractivity contribution in [1.29, 1.82) is 0 Å². The molecular weight excluding hydrogens is 448 g/mol. The Hall–Kier alpha value is -3.03. The first-order valence-corrected chi connectivity index (χ1v) is 12.0. The fourth-order valence-corrected chi connectivity index (χ4v) is 4.83. The van der Waals surface area contributed by atoms with Crippen molar-refractivity contribution in [3.05, 3.63) is 88.9 Å². The van der Waals surface area contributed by atoms with Gasteiger partial charge in [0.05, 0.1) is 17.2 Å². The number of sulfonamides is 1. The van der Waals surface area contributed by atoms with Crippen molar-refractivity contribution in [2.75, 3.05) is 17.5 Å². The van der Waals surface area contributed by atoms with E-state index in [1.807, 2.05) is 31.2 Å². The summed E-state index contributed by atoms with van der Waals surface area (Å²) < 4.78 is 33.4. The van der Waals surface area contributed by atoms with Gasteiger partial charge in [-0.05, 0) is 61.4 Å². The Morgan fingerprint density at radius 3 is 2.50 bits per heavy atom. The summed E-state index contributed by atoms with van der Waals surface area (Å²) in [5, 5.41) is 3.17. The van der Waals surface area contributed by atoms with E-state index in [1.165, 1.54) is 12.1 Å². The molecule has 0 atom stereocenters. The van der Waals surface area contributed by atoms with Gasteiger partial charge in [-0.25, -0.2) is 8.42 Å². The molecule has 0 heterocycles. The number of halogens is 1. The number of nitrogens with one attached hydrogen (secondary N) is 1. The molecule has 0 saturated heterocycles. The van der Waals surface area contributed by atoms with Gasteiger partial charge in [0.1, 0.15) is 12.3 Å². The fraction of sp³-hybridized carbons (Fsp3) is 0.208. The van der Waals surface area contributed by atoms with Crippen LogP contribution in [0.25, 0.3) is 0 Å². The van der Waals surface area contributed by atoms with Gasteiger partial charge in [0.2, 0.25) is 5.91 Å². The first-order chi connectivity index (χ1) is 15.3. The zero-order chi connectivity index (χ0) is 23.1. The molecule has 0 radical (unpaired) electrons. The van der Waals surface area contributed by atoms with Crippen molar-refractivity contribution in [3.8, 4) is 5.75 Å². The van der Waals surface area contributed by atoms with Gasteiger partial charge in [0, 0.05) is 11.6 Å². The molecular formula is C24H25ClN2O4S. The molecule has 3 aromatic carbocycles. The SMILES string of the molecule is CCOc1cccc(CNC(=O)CN(c2cc(Cl)ccc2C)S(=O)(=O)c2ccccc2)c1. The molecule has 3 aromatic rings. The van der Waals surface area contributed by atoms with Crippen LogP contribution in [-0.2, 0) is 21.4 Å². The Balaban J connectivity index is 1.85. The number of hydrogen-bond acceptors (Lipinski definition) is 4. The highest BCUT2D eigenvalue weighted by molar-refractivity contribution is 7.92. The van der Waals surface area contributed by atoms with E-state index in [4.69, 9.17) is 16.3 Å². The lowest BCUT2D eigenvalue weighted by atomic mass is 10.2. The summed E-state index contributed by atoms with van der Waals surface area (Å²) in [6.07, 6.45) is 0. The molecule has 0 fully saturated rings. The van der Waals surface area contributed by atoms with Gasteiger partial charge < -0.3 is 10.1 Å². The van der Waals surface area contributed by atoms with Gasteiger partial charge >= 0.3 is 0 Å². The van der Waals surface area contributed by atoms with Crippen LogP contribution in [-0.4, -0.2) is 27.5 Å². The molecule has 0 aliphatic carbocycles. The van der Waals surface area contributed by atoms with Crippen LogP contribution in [0.5, 0.6) is 5.75 Å². The number of ether oxygens (including phenoxy) is 1. The first-order valence-electron chi connectivity index (χ1n) is 10.1. The van der Waals surface area contributed by atoms with Crippen LogP contribution in [0.15, 0.2) is 77.7 Å². The molecule has 0 aromatic heterocycles. The van der Waals surface area contributed by atoms with Crippen molar-refractivity contribution >= 4 is 33.2 Å². The van der Waals surface area contributed by atoms with Crippen molar-refractivity contribution in [2.24, 2.45) is 0 Å². The van der Waals surface area contributed by atoms with E-state index in [1.54, 1.807) is 43.3 Å². The lowest BCUT2D eigenvalue weighted by Crippen LogP contribution is -2.41. The van der Waals surface area contributed by atoms with Crippen LogP contribution in [0.2, 0.25) is 5.02 Å². The number of carbonyl (C=O) groups excluding carboxylic acids is 1. The summed E-state index contributed by atoms with van der Waals surface area (Å²) >= 11 is 6.14. The number of hydrogen-bond donors (Lipinski definition) is 1. The van der Waals surface area contributed by atoms with Crippen LogP contribution >= 0.6 is 11.6 Å². The van der Waals surface area contributed by atoms with Crippen LogP contribution in [0.1, 0.15) is 18.1 Å². The molecule has 0 aliphatic rings. The van der Waals surface area contributed by atoms with E-state index in [0.717, 1.165) is 9.87 Å². The minimum Gasteiger partial charge on any atom is -0.494 e. The van der Waals surface area contributed by atoms with Crippen molar-refractivity contribution in [1.82, 2.24) is 5.32 Å². The summed E-state index contributed by atoms with van der Waals surface area (Å²) in [4.78, 5) is 12.9. The number of anilines is 1. The molecule has 32 heavy (non-hydrogen) atoms. The van der Waals surface area contributed by atoms with E-state index in [0.29, 0.717) is 28.6 Å². The summed E-state index contributed by atoms with van der Waals surface area (Å²) in [5.41, 5.74) is 1.89. The maximum atomic E-state index is 13.4. The predicted octanol–water partition coefficient (Wildman–Crippen LogP) is 4.56. The van der Waals surface area contributed by atoms with Crippen molar-refractivity contribution in [2.45, 2.75) is 25.3 Å². The number of nitrogens with zero attached hydrogens (tertiary/aromatic N) is 1. The van der Waals surface area contributed by atoms with E-state index < -0.39 is 15.9 Å². The second-order valence-electron chi connectivity index (χ2n) is 7.11. The number of aryl methyl sites for hydroxylation is 1. The number of benzene rings is 3. The summed E-state index contributed by atoms with van der Waals surface area (Å²) in [6, 6.07) is 20.3. The Morgan fingerprint density at radius 1 is 1.03 bits per heavy atom. The largest absolute Gasteiger partial charge is 0.494 e. The van der Waals surface area contributed by atoms with Crippen LogP contribution in [0, 0.1) is 6.92 Å². The molecule has 1 N–H and O–H groups in total. The normalized spacial score (nSPS) is 11.1. The van der Waals surface area contributed by atoms with Gasteiger partial charge in [-0.2, -0.15) is 0 Å². The fourth-order valence-electron chi connectivity index (χ4n) is 3.17. The molecule has 168 valence electrons. The molecule has 0 aliphatic heterocycles. The highest BCUT2D eigenvalue weighted by atomic mass is 35.5. The average Bonchev–Trinajstić information content (AvgIpc) is 2.79. The van der Waals surface area contributed by atoms with Gasteiger partial charge in [-0.1, -0.05) is 48.0 Å². The Labute approximate surface area is 193 Å². The first kappa shape index (κ1) is 23.6. The third-order valence-corrected chi connectivity index (χ3v) is 6.77. The third-order valence-electron chi connectivity index (χ3n) is 4.76. The van der Waals surface area contributed by atoms with E-state index in [9.17, 15) is 13.2 Å². The molecule has 8 heteroatoms. The third kappa shape index (κ3) is 5.81. The van der Waals surface area contributed by atoms with Crippen LogP contribution in [0.3, 0.4) is 0 Å². The monoisotopic (exact) mass is 472 g/mol. The number of amides is 1. The average molecular weight is 473 g/mol. The highest BCUT2D eigenvalue weighted by Gasteiger charge is 2.28. The highest BCUT2D eigenvalue weighted by Crippen LogP contribution is 2.29. The molecule has 6 nitrogen and oxygen atoms in total. The second kappa shape index (κ2) is 10.5. The minimum absolute atomic E-state index is 0.0941. The standard InChI is InChI=1S/C24H25ClN2O4S/c1-3-31-21-9-7-8-19(14-21)16-26-24(28)17-27(23-15-20(25)13-12-18(23)2)32(29,30)22-10-5-4-6-11-22/h4-15H,3,16-17H2,1-2H3,(H,26,28). The van der Waals surface area contributed by atoms with Crippen LogP contribution in [0.4, 0.5) is 5.69 Å². The Kier molecular flexibility index (Phi) is 7.77. The smallest absolute Gasteiger partial charge is 0.264 e. The zero-order valence-electron chi connectivity index (χ0n) is 17.9. The van der Waals surface area contributed by atoms with Gasteiger partial charge in [-0.15, -0.1) is 0 Å². The summed E-state index contributed by atoms with van der Waals surface area (Å²) in [7, 11) is -3.99. The minimum atomic E-state index is -3.99. The lowest BCUT2D eigenvalue weighted by Gasteiger charge is -2.26. The molecule has 0 saturated carbocycles. The van der Waals surface area contributed by atoms with Gasteiger partial charge in [-0.3, -0.25) is 9.10 Å². The van der Waals surface area contributed by atoms with E-state index in [2.05, 4.69) is 5.32 Å². The van der Waals surface area contributed by atoms with Gasteiger partial charge in [0.15, 0.2) is 0 Å². The molecule has 0 unspecified atom stereocenters. The second-order valence-corrected chi connectivity index (χ2v) is 9.41. The molecule has 0 bridgehead atoms. The van der Waals surface area contributed by atoms with E-state index >= 15 is 0 Å². The summed E-state index contributed by atoms with van der Waals surface area (Å²) in [6.45, 7) is 4.07. The van der Waals surface area contributed by atoms with E-state index in [-0.39, 0.29) is 18.0 Å². The molecule has 0 spiro atoms.